The molecule has 4 nitrogen and oxygen atoms in total. The van der Waals surface area contributed by atoms with Crippen molar-refractivity contribution in [2.24, 2.45) is 0 Å². The van der Waals surface area contributed by atoms with Gasteiger partial charge < -0.3 is 0 Å². The van der Waals surface area contributed by atoms with Gasteiger partial charge in [0.15, 0.2) is 0 Å². The van der Waals surface area contributed by atoms with Crippen LogP contribution in [-0.4, -0.2) is 31.1 Å². The van der Waals surface area contributed by atoms with Gasteiger partial charge in [-0.05, 0) is 0 Å². The molecule has 5 aromatic rings. The van der Waals surface area contributed by atoms with Gasteiger partial charge in [-0.25, -0.2) is 0 Å². The third-order valence-electron chi connectivity index (χ3n) is 6.00. The second-order valence-electron chi connectivity index (χ2n) is 8.02. The Balaban J connectivity index is 1.30. The summed E-state index contributed by atoms with van der Waals surface area (Å²) in [7, 11) is 0. The molecule has 0 N–H and O–H groups in total. The molecule has 0 bridgehead atoms. The number of hydrogen-bond donors (Lipinski definition) is 0. The number of carbonyl (C=O) groups is 2. The fourth-order valence-corrected chi connectivity index (χ4v) is 8.24. The van der Waals surface area contributed by atoms with E-state index in [0.29, 0.717) is 11.1 Å². The van der Waals surface area contributed by atoms with E-state index in [1.54, 1.807) is 29.2 Å². The molecular weight excluding hydrogens is 527 g/mol. The van der Waals surface area contributed by atoms with E-state index in [4.69, 9.17) is 0 Å². The number of Topliss-reactive ketones (excluding diaryl/α,β-unsaturated/α-hetero) is 2. The van der Waals surface area contributed by atoms with E-state index in [2.05, 4.69) is 34.1 Å². The standard InChI is InChI=1S/C27H14N2O2S2Se/c30-25-18-10-15-13-32-14-16(15)11-19(18)26(31)20(25)12-17-7-8-24(34-17)29-21-4-1-2-5-22(21)33-23-6-3-9-28-27(23)29/h1-14H. The summed E-state index contributed by atoms with van der Waals surface area (Å²) < 4.78 is 2.13. The number of nitrogens with zero attached hydrogens (tertiary/aromatic N) is 2. The summed E-state index contributed by atoms with van der Waals surface area (Å²) in [5, 5.41) is 6.03. The molecule has 0 radical (unpaired) electrons. The van der Waals surface area contributed by atoms with Gasteiger partial charge in [0.1, 0.15) is 0 Å². The normalized spacial score (nSPS) is 14.4. The molecule has 3 aromatic heterocycles. The van der Waals surface area contributed by atoms with E-state index >= 15 is 0 Å². The van der Waals surface area contributed by atoms with Crippen molar-refractivity contribution in [3.63, 3.8) is 0 Å². The Morgan fingerprint density at radius 3 is 2.38 bits per heavy atom. The third kappa shape index (κ3) is 3.02. The van der Waals surface area contributed by atoms with Crippen LogP contribution in [0.2, 0.25) is 0 Å². The summed E-state index contributed by atoms with van der Waals surface area (Å²) in [6.45, 7) is 0. The fraction of sp³-hybridized carbons (Fsp3) is 0. The van der Waals surface area contributed by atoms with Crippen molar-refractivity contribution >= 4 is 82.1 Å². The van der Waals surface area contributed by atoms with E-state index < -0.39 is 0 Å². The molecule has 162 valence electrons. The number of hydrogen-bond acceptors (Lipinski definition) is 6. The number of thiophene rings is 1. The molecule has 7 heteroatoms. The maximum absolute atomic E-state index is 13.1. The number of fused-ring (bicyclic) bond motifs is 4. The first kappa shape index (κ1) is 20.2. The number of carbonyl (C=O) groups excluding carboxylic acids is 2. The van der Waals surface area contributed by atoms with Crippen LogP contribution in [0.5, 0.6) is 0 Å². The Bertz CT molecular complexity index is 1600. The van der Waals surface area contributed by atoms with Crippen molar-refractivity contribution in [2.75, 3.05) is 4.90 Å². The third-order valence-corrected chi connectivity index (χ3v) is 10.0. The molecule has 0 atom stereocenters. The Labute approximate surface area is 209 Å². The molecule has 0 amide bonds. The van der Waals surface area contributed by atoms with Crippen LogP contribution in [0, 0.1) is 0 Å². The Morgan fingerprint density at radius 1 is 0.853 bits per heavy atom. The zero-order chi connectivity index (χ0) is 22.8. The number of rotatable bonds is 2. The molecule has 34 heavy (non-hydrogen) atoms. The van der Waals surface area contributed by atoms with Gasteiger partial charge in [0.2, 0.25) is 0 Å². The molecule has 0 unspecified atom stereocenters. The average Bonchev–Trinajstić information content (AvgIpc) is 3.57. The zero-order valence-electron chi connectivity index (χ0n) is 17.5. The minimum atomic E-state index is -0.176. The maximum atomic E-state index is 13.1. The number of para-hydroxylation sites is 1. The first-order valence-corrected chi connectivity index (χ1v) is 14.1. The molecule has 1 aliphatic carbocycles. The summed E-state index contributed by atoms with van der Waals surface area (Å²) in [6, 6.07) is 20.2. The van der Waals surface area contributed by atoms with Crippen molar-refractivity contribution in [3.05, 3.63) is 98.8 Å². The van der Waals surface area contributed by atoms with Crippen molar-refractivity contribution in [1.82, 2.24) is 4.98 Å². The van der Waals surface area contributed by atoms with E-state index in [1.165, 1.54) is 4.90 Å². The SMILES string of the molecule is O=C1C(=Cc2ccc(N3c4ccccc4Sc4cccnc43)[se]2)C(=O)c2cc3cscc3cc21. The van der Waals surface area contributed by atoms with Crippen LogP contribution in [0.15, 0.2) is 93.0 Å². The van der Waals surface area contributed by atoms with E-state index in [-0.39, 0.29) is 31.6 Å². The first-order valence-electron chi connectivity index (χ1n) is 10.6. The van der Waals surface area contributed by atoms with Gasteiger partial charge in [0.05, 0.1) is 0 Å². The Morgan fingerprint density at radius 2 is 1.59 bits per heavy atom. The topological polar surface area (TPSA) is 50.3 Å². The summed E-state index contributed by atoms with van der Waals surface area (Å²) in [4.78, 5) is 35.4. The Hall–Kier alpha value is -3.22. The number of anilines is 3. The molecule has 7 rings (SSSR count). The summed E-state index contributed by atoms with van der Waals surface area (Å²) in [5.41, 5.74) is 2.40. The van der Waals surface area contributed by atoms with Crippen LogP contribution >= 0.6 is 23.1 Å². The predicted octanol–water partition coefficient (Wildman–Crippen LogP) is 6.75. The summed E-state index contributed by atoms with van der Waals surface area (Å²) in [5.74, 6) is 0.567. The monoisotopic (exact) mass is 542 g/mol. The molecule has 1 aliphatic heterocycles. The number of aromatic nitrogens is 1. The van der Waals surface area contributed by atoms with E-state index in [0.717, 1.165) is 36.2 Å². The molecule has 0 saturated heterocycles. The number of pyridine rings is 1. The molecule has 2 aromatic carbocycles. The molecule has 0 spiro atoms. The average molecular weight is 542 g/mol. The van der Waals surface area contributed by atoms with Gasteiger partial charge in [-0.15, -0.1) is 0 Å². The number of benzene rings is 2. The van der Waals surface area contributed by atoms with Crippen molar-refractivity contribution in [2.45, 2.75) is 9.79 Å². The van der Waals surface area contributed by atoms with Crippen molar-refractivity contribution in [1.29, 1.82) is 0 Å². The van der Waals surface area contributed by atoms with Crippen LogP contribution in [0.4, 0.5) is 16.1 Å². The summed E-state index contributed by atoms with van der Waals surface area (Å²) in [6.07, 6.45) is 3.61. The van der Waals surface area contributed by atoms with Gasteiger partial charge in [-0.2, -0.15) is 0 Å². The van der Waals surface area contributed by atoms with Gasteiger partial charge in [-0.3, -0.25) is 0 Å². The van der Waals surface area contributed by atoms with Gasteiger partial charge >= 0.3 is 210 Å². The van der Waals surface area contributed by atoms with Crippen LogP contribution in [-0.2, 0) is 0 Å². The van der Waals surface area contributed by atoms with Gasteiger partial charge in [0.25, 0.3) is 0 Å². The van der Waals surface area contributed by atoms with Crippen molar-refractivity contribution < 1.29 is 9.59 Å². The van der Waals surface area contributed by atoms with E-state index in [1.807, 2.05) is 53.4 Å². The Kier molecular flexibility index (Phi) is 4.54. The number of allylic oxidation sites excluding steroid dienone is 1. The fourth-order valence-electron chi connectivity index (χ4n) is 4.41. The second kappa shape index (κ2) is 7.65. The predicted molar refractivity (Wildman–Crippen MR) is 138 cm³/mol. The molecule has 0 fully saturated rings. The molecular formula is C27H14N2O2S2Se. The molecule has 2 aliphatic rings. The van der Waals surface area contributed by atoms with Crippen LogP contribution in [0.25, 0.3) is 16.8 Å². The van der Waals surface area contributed by atoms with Crippen LogP contribution in [0.1, 0.15) is 25.2 Å². The van der Waals surface area contributed by atoms with Gasteiger partial charge in [-0.1, -0.05) is 0 Å². The van der Waals surface area contributed by atoms with Crippen LogP contribution < -0.4 is 4.90 Å². The second-order valence-corrected chi connectivity index (χ2v) is 12.1. The molecule has 4 heterocycles. The van der Waals surface area contributed by atoms with Crippen molar-refractivity contribution in [3.8, 4) is 0 Å². The summed E-state index contributed by atoms with van der Waals surface area (Å²) >= 11 is 3.22. The van der Waals surface area contributed by atoms with Crippen LogP contribution in [0.3, 0.4) is 0 Å². The zero-order valence-corrected chi connectivity index (χ0v) is 20.9. The van der Waals surface area contributed by atoms with Gasteiger partial charge in [0, 0.05) is 0 Å². The first-order chi connectivity index (χ1) is 16.7. The quantitative estimate of drug-likeness (QED) is 0.138. The molecule has 0 saturated carbocycles. The van der Waals surface area contributed by atoms with E-state index in [9.17, 15) is 9.59 Å². The number of ketones is 2. The minimum absolute atomic E-state index is 0.0772.